The molecule has 0 spiro atoms. The molecule has 1 saturated carbocycles. The van der Waals surface area contributed by atoms with Crippen molar-refractivity contribution in [3.05, 3.63) is 35.4 Å². The Morgan fingerprint density at radius 3 is 2.47 bits per heavy atom. The van der Waals surface area contributed by atoms with Gasteiger partial charge in [-0.3, -0.25) is 0 Å². The van der Waals surface area contributed by atoms with E-state index in [-0.39, 0.29) is 12.2 Å². The number of alkyl halides is 3. The van der Waals surface area contributed by atoms with Crippen molar-refractivity contribution in [1.82, 2.24) is 0 Å². The van der Waals surface area contributed by atoms with Crippen LogP contribution in [0.1, 0.15) is 36.8 Å². The fourth-order valence-corrected chi connectivity index (χ4v) is 2.50. The summed E-state index contributed by atoms with van der Waals surface area (Å²) in [6.45, 7) is 0.604. The average molecular weight is 273 g/mol. The second kappa shape index (κ2) is 5.51. The number of hydrogen-bond acceptors (Lipinski definition) is 2. The van der Waals surface area contributed by atoms with E-state index in [0.29, 0.717) is 12.1 Å². The Bertz CT molecular complexity index is 425. The fraction of sp³-hybridized carbons (Fsp3) is 0.571. The van der Waals surface area contributed by atoms with Crippen molar-refractivity contribution in [2.24, 2.45) is 5.73 Å². The van der Waals surface area contributed by atoms with Gasteiger partial charge >= 0.3 is 6.18 Å². The van der Waals surface area contributed by atoms with Crippen molar-refractivity contribution in [3.63, 3.8) is 0 Å². The predicted octanol–water partition coefficient (Wildman–Crippen LogP) is 3.49. The summed E-state index contributed by atoms with van der Waals surface area (Å²) in [5.41, 5.74) is 5.29. The Kier molecular flexibility index (Phi) is 4.16. The smallest absolute Gasteiger partial charge is 0.369 e. The highest BCUT2D eigenvalue weighted by atomic mass is 19.4. The van der Waals surface area contributed by atoms with Gasteiger partial charge in [0.15, 0.2) is 0 Å². The first-order chi connectivity index (χ1) is 8.95. The molecule has 0 heterocycles. The molecular weight excluding hydrogens is 255 g/mol. The van der Waals surface area contributed by atoms with Crippen LogP contribution in [0.15, 0.2) is 24.3 Å². The van der Waals surface area contributed by atoms with Crippen LogP contribution < -0.4 is 5.73 Å². The molecule has 0 bridgehead atoms. The number of hydrogen-bond donors (Lipinski definition) is 1. The second-order valence-electron chi connectivity index (χ2n) is 5.08. The van der Waals surface area contributed by atoms with E-state index in [1.807, 2.05) is 0 Å². The third kappa shape index (κ3) is 3.48. The van der Waals surface area contributed by atoms with Gasteiger partial charge in [-0.05, 0) is 30.5 Å². The van der Waals surface area contributed by atoms with E-state index in [4.69, 9.17) is 10.5 Å². The summed E-state index contributed by atoms with van der Waals surface area (Å²) in [6, 6.07) is 5.26. The minimum absolute atomic E-state index is 0.182. The third-order valence-electron chi connectivity index (χ3n) is 3.69. The number of halogens is 3. The van der Waals surface area contributed by atoms with E-state index in [1.165, 1.54) is 6.07 Å². The van der Waals surface area contributed by atoms with Gasteiger partial charge in [0.1, 0.15) is 0 Å². The van der Waals surface area contributed by atoms with Crippen LogP contribution in [0.3, 0.4) is 0 Å². The Hall–Kier alpha value is -1.07. The average Bonchev–Trinajstić information content (AvgIpc) is 2.85. The molecule has 2 nitrogen and oxygen atoms in total. The molecule has 0 aromatic heterocycles. The number of nitrogens with two attached hydrogens (primary N) is 1. The molecule has 5 heteroatoms. The van der Waals surface area contributed by atoms with E-state index < -0.39 is 11.7 Å². The lowest BCUT2D eigenvalue weighted by Gasteiger charge is -2.27. The number of benzene rings is 1. The van der Waals surface area contributed by atoms with Gasteiger partial charge in [0, 0.05) is 6.54 Å². The van der Waals surface area contributed by atoms with Gasteiger partial charge in [-0.1, -0.05) is 25.0 Å². The Balaban J connectivity index is 2.03. The zero-order chi connectivity index (χ0) is 13.9. The van der Waals surface area contributed by atoms with Crippen LogP contribution in [-0.4, -0.2) is 12.1 Å². The first-order valence-electron chi connectivity index (χ1n) is 6.45. The number of ether oxygens (including phenoxy) is 1. The molecule has 1 aromatic rings. The molecule has 1 aromatic carbocycles. The molecule has 19 heavy (non-hydrogen) atoms. The van der Waals surface area contributed by atoms with E-state index in [1.54, 1.807) is 6.07 Å². The molecule has 0 amide bonds. The second-order valence-corrected chi connectivity index (χ2v) is 5.08. The van der Waals surface area contributed by atoms with Gasteiger partial charge in [-0.2, -0.15) is 13.2 Å². The van der Waals surface area contributed by atoms with Gasteiger partial charge in [-0.15, -0.1) is 0 Å². The molecule has 0 atom stereocenters. The Labute approximate surface area is 110 Å². The molecule has 106 valence electrons. The van der Waals surface area contributed by atoms with Crippen LogP contribution in [0.4, 0.5) is 13.2 Å². The molecule has 1 aliphatic carbocycles. The van der Waals surface area contributed by atoms with Crippen LogP contribution in [0, 0.1) is 0 Å². The Morgan fingerprint density at radius 2 is 1.89 bits per heavy atom. The van der Waals surface area contributed by atoms with Crippen molar-refractivity contribution in [1.29, 1.82) is 0 Å². The van der Waals surface area contributed by atoms with Crippen molar-refractivity contribution in [2.45, 2.75) is 44.1 Å². The van der Waals surface area contributed by atoms with E-state index >= 15 is 0 Å². The van der Waals surface area contributed by atoms with Crippen LogP contribution in [-0.2, 0) is 17.5 Å². The fourth-order valence-electron chi connectivity index (χ4n) is 2.50. The summed E-state index contributed by atoms with van der Waals surface area (Å²) in [6.07, 6.45) is -0.389. The van der Waals surface area contributed by atoms with Gasteiger partial charge < -0.3 is 10.5 Å². The summed E-state index contributed by atoms with van der Waals surface area (Å²) in [5, 5.41) is 0. The summed E-state index contributed by atoms with van der Waals surface area (Å²) >= 11 is 0. The zero-order valence-corrected chi connectivity index (χ0v) is 10.7. The molecule has 1 aliphatic rings. The van der Waals surface area contributed by atoms with E-state index in [2.05, 4.69) is 0 Å². The monoisotopic (exact) mass is 273 g/mol. The first kappa shape index (κ1) is 14.3. The van der Waals surface area contributed by atoms with Crippen LogP contribution >= 0.6 is 0 Å². The lowest BCUT2D eigenvalue weighted by atomic mass is 10.0. The largest absolute Gasteiger partial charge is 0.416 e. The minimum atomic E-state index is -4.31. The van der Waals surface area contributed by atoms with Crippen molar-refractivity contribution < 1.29 is 17.9 Å². The molecule has 2 rings (SSSR count). The maximum absolute atomic E-state index is 12.6. The zero-order valence-electron chi connectivity index (χ0n) is 10.7. The van der Waals surface area contributed by atoms with Crippen molar-refractivity contribution in [3.8, 4) is 0 Å². The third-order valence-corrected chi connectivity index (χ3v) is 3.69. The lowest BCUT2D eigenvalue weighted by Crippen LogP contribution is -2.37. The van der Waals surface area contributed by atoms with Gasteiger partial charge in [0.2, 0.25) is 0 Å². The molecule has 1 fully saturated rings. The van der Waals surface area contributed by atoms with Gasteiger partial charge in [0.05, 0.1) is 17.8 Å². The minimum Gasteiger partial charge on any atom is -0.369 e. The summed E-state index contributed by atoms with van der Waals surface area (Å²) < 4.78 is 43.6. The molecule has 0 saturated heterocycles. The first-order valence-corrected chi connectivity index (χ1v) is 6.45. The normalized spacial score (nSPS) is 18.7. The van der Waals surface area contributed by atoms with Crippen LogP contribution in [0.5, 0.6) is 0 Å². The van der Waals surface area contributed by atoms with Crippen LogP contribution in [0.25, 0.3) is 0 Å². The van der Waals surface area contributed by atoms with E-state index in [0.717, 1.165) is 37.8 Å². The molecule has 0 radical (unpaired) electrons. The van der Waals surface area contributed by atoms with E-state index in [9.17, 15) is 13.2 Å². The van der Waals surface area contributed by atoms with Gasteiger partial charge in [-0.25, -0.2) is 0 Å². The standard InChI is InChI=1S/C14H18F3NO/c15-14(16,17)12-5-3-4-11(8-12)9-19-13(10-18)6-1-2-7-13/h3-5,8H,1-2,6-7,9-10,18H2. The van der Waals surface area contributed by atoms with Crippen molar-refractivity contribution >= 4 is 0 Å². The summed E-state index contributed by atoms with van der Waals surface area (Å²) in [7, 11) is 0. The van der Waals surface area contributed by atoms with Crippen LogP contribution in [0.2, 0.25) is 0 Å². The number of rotatable bonds is 4. The van der Waals surface area contributed by atoms with Crippen molar-refractivity contribution in [2.75, 3.05) is 6.54 Å². The highest BCUT2D eigenvalue weighted by Gasteiger charge is 2.34. The Morgan fingerprint density at radius 1 is 1.21 bits per heavy atom. The SMILES string of the molecule is NCC1(OCc2cccc(C(F)(F)F)c2)CCCC1. The highest BCUT2D eigenvalue weighted by Crippen LogP contribution is 2.34. The summed E-state index contributed by atoms with van der Waals surface area (Å²) in [4.78, 5) is 0. The quantitative estimate of drug-likeness (QED) is 0.911. The van der Waals surface area contributed by atoms with Gasteiger partial charge in [0.25, 0.3) is 0 Å². The maximum Gasteiger partial charge on any atom is 0.416 e. The lowest BCUT2D eigenvalue weighted by molar-refractivity contribution is -0.137. The molecule has 0 unspecified atom stereocenters. The predicted molar refractivity (Wildman–Crippen MR) is 66.5 cm³/mol. The molecule has 2 N–H and O–H groups in total. The molecular formula is C14H18F3NO. The summed E-state index contributed by atoms with van der Waals surface area (Å²) in [5.74, 6) is 0. The maximum atomic E-state index is 12.6. The highest BCUT2D eigenvalue weighted by molar-refractivity contribution is 5.25. The topological polar surface area (TPSA) is 35.2 Å². The molecule has 0 aliphatic heterocycles.